The van der Waals surface area contributed by atoms with Crippen LogP contribution in [0.25, 0.3) is 11.3 Å². The molecule has 6 nitrogen and oxygen atoms in total. The molecular weight excluding hydrogens is 341 g/mol. The van der Waals surface area contributed by atoms with Crippen molar-refractivity contribution in [1.82, 2.24) is 15.0 Å². The van der Waals surface area contributed by atoms with Gasteiger partial charge in [-0.1, -0.05) is 0 Å². The number of sulfonamides is 1. The average Bonchev–Trinajstić information content (AvgIpc) is 2.92. The molecule has 0 radical (unpaired) electrons. The maximum absolute atomic E-state index is 12.9. The number of nitrogens with one attached hydrogen (secondary N) is 2. The summed E-state index contributed by atoms with van der Waals surface area (Å²) in [6, 6.07) is 5.11. The summed E-state index contributed by atoms with van der Waals surface area (Å²) in [5.41, 5.74) is 1.48. The molecule has 2 aromatic rings. The predicted molar refractivity (Wildman–Crippen MR) is 86.8 cm³/mol. The fourth-order valence-corrected chi connectivity index (χ4v) is 3.33. The van der Waals surface area contributed by atoms with Gasteiger partial charge in [0.25, 0.3) is 0 Å². The Morgan fingerprint density at radius 2 is 2.00 bits per heavy atom. The summed E-state index contributed by atoms with van der Waals surface area (Å²) >= 11 is 1.36. The van der Waals surface area contributed by atoms with Crippen LogP contribution in [0, 0.1) is 5.82 Å². The number of carbonyl (C=O) groups excluding carboxylic acids is 1. The molecule has 0 saturated carbocycles. The topological polar surface area (TPSA) is 88.2 Å². The third-order valence-electron chi connectivity index (χ3n) is 2.89. The van der Waals surface area contributed by atoms with Crippen LogP contribution in [0.5, 0.6) is 0 Å². The lowest BCUT2D eigenvalue weighted by Crippen LogP contribution is -2.44. The zero-order valence-corrected chi connectivity index (χ0v) is 14.2. The van der Waals surface area contributed by atoms with E-state index in [-0.39, 0.29) is 12.4 Å². The third-order valence-corrected chi connectivity index (χ3v) is 4.52. The van der Waals surface area contributed by atoms with E-state index in [1.165, 1.54) is 30.4 Å². The Hall–Kier alpha value is -1.84. The number of aromatic nitrogens is 1. The number of amides is 1. The minimum atomic E-state index is -3.44. The summed E-state index contributed by atoms with van der Waals surface area (Å²) in [4.78, 5) is 16.2. The fourth-order valence-electron chi connectivity index (χ4n) is 1.84. The van der Waals surface area contributed by atoms with Crippen LogP contribution in [0.3, 0.4) is 0 Å². The Balaban J connectivity index is 1.94. The van der Waals surface area contributed by atoms with Gasteiger partial charge in [0.1, 0.15) is 10.8 Å². The summed E-state index contributed by atoms with van der Waals surface area (Å²) < 4.78 is 37.2. The number of nitrogens with zero attached hydrogens (tertiary/aromatic N) is 1. The molecule has 2 N–H and O–H groups in total. The number of carbonyl (C=O) groups is 1. The van der Waals surface area contributed by atoms with Crippen LogP contribution < -0.4 is 10.0 Å². The molecule has 1 aromatic carbocycles. The number of halogens is 1. The minimum absolute atomic E-state index is 0.195. The van der Waals surface area contributed by atoms with E-state index in [9.17, 15) is 17.6 Å². The van der Waals surface area contributed by atoms with Gasteiger partial charge in [0.05, 0.1) is 24.5 Å². The van der Waals surface area contributed by atoms with Gasteiger partial charge in [0.2, 0.25) is 15.9 Å². The molecule has 0 aliphatic heterocycles. The van der Waals surface area contributed by atoms with E-state index in [1.54, 1.807) is 12.1 Å². The van der Waals surface area contributed by atoms with Gasteiger partial charge in [0.15, 0.2) is 0 Å². The van der Waals surface area contributed by atoms with E-state index in [0.29, 0.717) is 10.7 Å². The van der Waals surface area contributed by atoms with Gasteiger partial charge in [0, 0.05) is 10.9 Å². The second kappa shape index (κ2) is 7.16. The smallest absolute Gasteiger partial charge is 0.238 e. The van der Waals surface area contributed by atoms with Crippen LogP contribution in [0.15, 0.2) is 29.6 Å². The summed E-state index contributed by atoms with van der Waals surface area (Å²) in [5, 5.41) is 5.10. The third kappa shape index (κ3) is 5.38. The first-order valence-corrected chi connectivity index (χ1v) is 9.47. The molecule has 0 unspecified atom stereocenters. The molecule has 9 heteroatoms. The summed E-state index contributed by atoms with van der Waals surface area (Å²) in [6.07, 6.45) is 0.993. The maximum Gasteiger partial charge on any atom is 0.238 e. The molecule has 0 aliphatic carbocycles. The Bertz CT molecular complexity index is 788. The molecule has 0 spiro atoms. The van der Waals surface area contributed by atoms with E-state index >= 15 is 0 Å². The number of hydrogen-bond acceptors (Lipinski definition) is 5. The van der Waals surface area contributed by atoms with E-state index in [2.05, 4.69) is 15.0 Å². The molecule has 0 saturated heterocycles. The van der Waals surface area contributed by atoms with E-state index < -0.39 is 22.0 Å². The Kier molecular flexibility index (Phi) is 5.45. The maximum atomic E-state index is 12.9. The van der Waals surface area contributed by atoms with Crippen LogP contribution >= 0.6 is 11.3 Å². The van der Waals surface area contributed by atoms with E-state index in [0.717, 1.165) is 11.8 Å². The normalized spacial score (nSPS) is 12.8. The Morgan fingerprint density at radius 1 is 1.35 bits per heavy atom. The van der Waals surface area contributed by atoms with Crippen molar-refractivity contribution < 1.29 is 17.6 Å². The van der Waals surface area contributed by atoms with Crippen molar-refractivity contribution in [3.63, 3.8) is 0 Å². The average molecular weight is 357 g/mol. The molecule has 2 rings (SSSR count). The highest BCUT2D eigenvalue weighted by atomic mass is 32.2. The first-order valence-electron chi connectivity index (χ1n) is 6.70. The van der Waals surface area contributed by atoms with Crippen LogP contribution in [-0.2, 0) is 21.4 Å². The molecule has 1 heterocycles. The van der Waals surface area contributed by atoms with Crippen molar-refractivity contribution in [3.05, 3.63) is 40.5 Å². The largest absolute Gasteiger partial charge is 0.348 e. The molecule has 1 aromatic heterocycles. The van der Waals surface area contributed by atoms with Crippen molar-refractivity contribution >= 4 is 27.3 Å². The summed E-state index contributed by atoms with van der Waals surface area (Å²) in [7, 11) is -3.44. The standard InChI is InChI=1S/C14H16FN3O3S2/c1-9(18-23(2,20)21)14(19)16-7-13-17-12(8-22-13)10-3-5-11(15)6-4-10/h3-6,8-9,18H,7H2,1-2H3,(H,16,19)/t9-/m0/s1. The van der Waals surface area contributed by atoms with Gasteiger partial charge in [-0.3, -0.25) is 4.79 Å². The molecule has 0 fully saturated rings. The lowest BCUT2D eigenvalue weighted by atomic mass is 10.2. The van der Waals surface area contributed by atoms with Crippen LogP contribution in [0.4, 0.5) is 4.39 Å². The summed E-state index contributed by atoms with van der Waals surface area (Å²) in [5.74, 6) is -0.752. The van der Waals surface area contributed by atoms with Crippen molar-refractivity contribution in [2.75, 3.05) is 6.26 Å². The first kappa shape index (κ1) is 17.5. The van der Waals surface area contributed by atoms with E-state index in [1.807, 2.05) is 5.38 Å². The van der Waals surface area contributed by atoms with Gasteiger partial charge in [-0.15, -0.1) is 11.3 Å². The van der Waals surface area contributed by atoms with Gasteiger partial charge in [-0.05, 0) is 31.2 Å². The minimum Gasteiger partial charge on any atom is -0.348 e. The highest BCUT2D eigenvalue weighted by molar-refractivity contribution is 7.88. The van der Waals surface area contributed by atoms with Crippen LogP contribution in [-0.4, -0.2) is 31.6 Å². The lowest BCUT2D eigenvalue weighted by molar-refractivity contribution is -0.122. The zero-order chi connectivity index (χ0) is 17.0. The summed E-state index contributed by atoms with van der Waals surface area (Å²) in [6.45, 7) is 1.66. The van der Waals surface area contributed by atoms with Gasteiger partial charge in [-0.2, -0.15) is 0 Å². The first-order chi connectivity index (χ1) is 10.7. The number of thiazole rings is 1. The number of benzene rings is 1. The van der Waals surface area contributed by atoms with Gasteiger partial charge < -0.3 is 5.32 Å². The second-order valence-electron chi connectivity index (χ2n) is 4.96. The number of rotatable bonds is 6. The zero-order valence-electron chi connectivity index (χ0n) is 12.5. The van der Waals surface area contributed by atoms with Gasteiger partial charge >= 0.3 is 0 Å². The van der Waals surface area contributed by atoms with Crippen molar-refractivity contribution in [2.45, 2.75) is 19.5 Å². The monoisotopic (exact) mass is 357 g/mol. The van der Waals surface area contributed by atoms with Crippen molar-refractivity contribution in [3.8, 4) is 11.3 Å². The SMILES string of the molecule is C[C@H](NS(C)(=O)=O)C(=O)NCc1nc(-c2ccc(F)cc2)cs1. The quantitative estimate of drug-likeness (QED) is 0.820. The van der Waals surface area contributed by atoms with Crippen molar-refractivity contribution in [2.24, 2.45) is 0 Å². The van der Waals surface area contributed by atoms with E-state index in [4.69, 9.17) is 0 Å². The second-order valence-corrected chi connectivity index (χ2v) is 7.69. The molecular formula is C14H16FN3O3S2. The molecule has 1 amide bonds. The number of hydrogen-bond donors (Lipinski definition) is 2. The Morgan fingerprint density at radius 3 is 2.61 bits per heavy atom. The van der Waals surface area contributed by atoms with Crippen LogP contribution in [0.1, 0.15) is 11.9 Å². The van der Waals surface area contributed by atoms with Crippen LogP contribution in [0.2, 0.25) is 0 Å². The fraction of sp³-hybridized carbons (Fsp3) is 0.286. The highest BCUT2D eigenvalue weighted by Crippen LogP contribution is 2.22. The molecule has 124 valence electrons. The molecule has 23 heavy (non-hydrogen) atoms. The molecule has 0 aliphatic rings. The van der Waals surface area contributed by atoms with Crippen molar-refractivity contribution in [1.29, 1.82) is 0 Å². The molecule has 1 atom stereocenters. The lowest BCUT2D eigenvalue weighted by Gasteiger charge is -2.11. The molecule has 0 bridgehead atoms. The van der Waals surface area contributed by atoms with Gasteiger partial charge in [-0.25, -0.2) is 22.5 Å². The predicted octanol–water partition coefficient (Wildman–Crippen LogP) is 1.50. The highest BCUT2D eigenvalue weighted by Gasteiger charge is 2.17. The Labute approximate surface area is 137 Å².